The standard InChI is InChI=1S/C34H35ClN2O10S2.C18H24N2O4S.C16H19ClN2O6S2.C14H16ClNO4S/c1-18(38)22-14-26(31(27(35)15-22)49-20(3)40)33(44)37(24-9-6-10-24)17-30(42)47-29(41)16-36(23-7-4-5-8-23)32(43)25-13-21(34(45)46)11-12-28(25)48-19(2)39;1-12(21)25-16-10-14(19(2)3)8-9-15(16)18(24)20(11-17(22)23)13-6-4-5-7-13;1-9(20)26-13-7-12(17)14(27(18,24)25)6-11(13)16(23)19(8-15(21)22)10-4-2-3-5-10;15-9-5-6-10(17)12(13(9)21)14(20)16(7-11(18)19)8-3-1-2-4-8/h11-15,23-24H,4-10,16-17H2,1-3H3,(H,45,46);8-10,13H,4-7,11H2,1-3H3,(H,22,23);6-7,10H,2-5,8H2,1H3,(H,21,22)(H2,18,24,25);5-6,8,17,21H,1-4,7H2,(H,18,19). The number of primary sulfonamides is 1. The lowest BCUT2D eigenvalue weighted by molar-refractivity contribution is -0.161. The number of ketones is 1. The lowest BCUT2D eigenvalue weighted by Crippen LogP contribution is -2.48. The van der Waals surface area contributed by atoms with Gasteiger partial charge in [0.1, 0.15) is 43.4 Å². The van der Waals surface area contributed by atoms with Gasteiger partial charge in [0.15, 0.2) is 26.2 Å². The number of aromatic hydroxyl groups is 1. The molecule has 5 amide bonds. The number of phenols is 1. The molecule has 0 radical (unpaired) electrons. The van der Waals surface area contributed by atoms with Crippen LogP contribution in [-0.4, -0.2) is 227 Å². The van der Waals surface area contributed by atoms with E-state index >= 15 is 0 Å². The molecule has 0 aliphatic heterocycles. The number of nitrogens with zero attached hydrogens (tertiary/aromatic N) is 6. The number of rotatable bonds is 28. The van der Waals surface area contributed by atoms with Gasteiger partial charge in [0, 0.05) is 108 Å². The highest BCUT2D eigenvalue weighted by atomic mass is 35.5. The number of esters is 2. The summed E-state index contributed by atoms with van der Waals surface area (Å²) in [6, 6.07) is 15.5. The van der Waals surface area contributed by atoms with E-state index in [0.29, 0.717) is 60.7 Å². The first-order chi connectivity index (χ1) is 57.4. The van der Waals surface area contributed by atoms with Gasteiger partial charge < -0.3 is 59.7 Å². The van der Waals surface area contributed by atoms with Gasteiger partial charge in [0.2, 0.25) is 10.0 Å². The number of phenolic OH excluding ortho intramolecular Hbond substituents is 1. The van der Waals surface area contributed by atoms with Crippen LogP contribution in [0.2, 0.25) is 15.1 Å². The maximum Gasteiger partial charge on any atom is 0.335 e. The third-order valence-electron chi connectivity index (χ3n) is 20.4. The molecule has 0 aromatic heterocycles. The molecule has 0 unspecified atom stereocenters. The fraction of sp³-hybridized carbons (Fsp3) is 0.439. The third-order valence-corrected chi connectivity index (χ3v) is 26.6. The van der Waals surface area contributed by atoms with Crippen LogP contribution in [0.3, 0.4) is 0 Å². The van der Waals surface area contributed by atoms with Gasteiger partial charge in [-0.2, -0.15) is 0 Å². The first kappa shape index (κ1) is 100. The normalized spacial score (nSPS) is 14.7. The fourth-order valence-corrected chi connectivity index (χ4v) is 19.3. The van der Waals surface area contributed by atoms with Gasteiger partial charge in [-0.1, -0.05) is 121 Å². The number of Topliss-reactive ketones (excluding diaryl/α,β-unsaturated/α-hetero) is 1. The number of carbonyl (C=O) groups excluding carboxylic acids is 12. The molecule has 0 bridgehead atoms. The molecule has 0 atom stereocenters. The number of nitrogens with two attached hydrogens (primary N) is 1. The van der Waals surface area contributed by atoms with E-state index in [-0.39, 0.29) is 137 Å². The van der Waals surface area contributed by atoms with Crippen LogP contribution < -0.4 is 10.0 Å². The van der Waals surface area contributed by atoms with E-state index in [1.807, 2.05) is 25.1 Å². The Morgan fingerprint density at radius 2 is 0.803 bits per heavy atom. The summed E-state index contributed by atoms with van der Waals surface area (Å²) in [4.78, 5) is 207. The summed E-state index contributed by atoms with van der Waals surface area (Å²) in [5, 5.41) is 50.9. The zero-order valence-electron chi connectivity index (χ0n) is 67.7. The molecular formula is C82H94Cl3N7O24S6. The summed E-state index contributed by atoms with van der Waals surface area (Å²) >= 11 is 25.6. The van der Waals surface area contributed by atoms with E-state index in [2.05, 4.69) is 12.6 Å². The lowest BCUT2D eigenvalue weighted by Gasteiger charge is -2.37. The van der Waals surface area contributed by atoms with Crippen molar-refractivity contribution in [3.8, 4) is 5.75 Å². The van der Waals surface area contributed by atoms with Gasteiger partial charge in [-0.25, -0.2) is 27.9 Å². The molecular weight excluding hydrogens is 1770 g/mol. The Morgan fingerprint density at radius 1 is 0.426 bits per heavy atom. The number of aliphatic carboxylic acids is 3. The Morgan fingerprint density at radius 3 is 1.19 bits per heavy atom. The largest absolute Gasteiger partial charge is 0.507 e. The maximum atomic E-state index is 13.9. The second kappa shape index (κ2) is 46.1. The second-order valence-corrected chi connectivity index (χ2v) is 37.5. The van der Waals surface area contributed by atoms with Crippen LogP contribution in [0.1, 0.15) is 229 Å². The van der Waals surface area contributed by atoms with Crippen LogP contribution >= 0.6 is 94.5 Å². The molecule has 0 spiro atoms. The molecule has 122 heavy (non-hydrogen) atoms. The van der Waals surface area contributed by atoms with E-state index in [1.54, 1.807) is 12.1 Å². The number of carbonyl (C=O) groups is 16. The van der Waals surface area contributed by atoms with Crippen molar-refractivity contribution in [2.24, 2.45) is 5.14 Å². The summed E-state index contributed by atoms with van der Waals surface area (Å²) < 4.78 is 28.7. The predicted octanol–water partition coefficient (Wildman–Crippen LogP) is 13.4. The van der Waals surface area contributed by atoms with Gasteiger partial charge in [-0.3, -0.25) is 62.3 Å². The first-order valence-corrected chi connectivity index (χ1v) is 45.0. The minimum absolute atomic E-state index is 0.0259. The minimum Gasteiger partial charge on any atom is -0.507 e. The van der Waals surface area contributed by atoms with Gasteiger partial charge in [0.05, 0.1) is 48.4 Å². The molecule has 5 aromatic rings. The minimum atomic E-state index is -4.22. The predicted molar refractivity (Wildman–Crippen MR) is 461 cm³/mol. The van der Waals surface area contributed by atoms with Crippen LogP contribution in [0, 0.1) is 0 Å². The quantitative estimate of drug-likeness (QED) is 0.00804. The van der Waals surface area contributed by atoms with Gasteiger partial charge in [-0.05, 0) is 162 Å². The van der Waals surface area contributed by atoms with Crippen molar-refractivity contribution in [1.29, 1.82) is 0 Å². The van der Waals surface area contributed by atoms with Crippen LogP contribution in [0.15, 0.2) is 102 Å². The average molecular weight is 1860 g/mol. The number of halogens is 3. The number of anilines is 1. The molecule has 40 heteroatoms. The summed E-state index contributed by atoms with van der Waals surface area (Å²) in [5.74, 6) is -10.2. The number of hydrogen-bond donors (Lipinski definition) is 7. The number of thiol groups is 1. The highest BCUT2D eigenvalue weighted by molar-refractivity contribution is 8.14. The van der Waals surface area contributed by atoms with E-state index in [4.69, 9.17) is 49.8 Å². The molecule has 5 aliphatic rings. The maximum absolute atomic E-state index is 13.9. The van der Waals surface area contributed by atoms with Crippen molar-refractivity contribution in [1.82, 2.24) is 24.5 Å². The Bertz CT molecular complexity index is 5010. The van der Waals surface area contributed by atoms with E-state index < -0.39 is 107 Å². The molecule has 31 nitrogen and oxygen atoms in total. The topological polar surface area (TPSA) is 463 Å². The summed E-state index contributed by atoms with van der Waals surface area (Å²) in [6.45, 7) is 4.13. The van der Waals surface area contributed by atoms with Crippen molar-refractivity contribution in [2.45, 2.75) is 216 Å². The highest BCUT2D eigenvalue weighted by Gasteiger charge is 2.39. The number of hydrogen-bond acceptors (Lipinski definition) is 26. The smallest absolute Gasteiger partial charge is 0.335 e. The molecule has 10 rings (SSSR count). The number of carboxylic acids is 4. The molecule has 7 N–H and O–H groups in total. The SMILES string of the molecule is CC(=O)Sc1cc(Cl)c(S(N)(=O)=O)cc1C(=O)N(CC(=O)O)C1CCCC1.CC(=O)Sc1cc(N(C)C)ccc1C(=O)N(CC(=O)O)C1CCCC1.CC(=O)Sc1ccc(C(=O)O)cc1C(=O)N(CC(=O)OC(=O)CN(C(=O)c1cc(C(C)=O)cc(Cl)c1SC(C)=O)C1CCC1)C1CCCC1.O=C(O)CN(C(=O)c1c(O)ccc(Cl)c1S)C1CCCC1. The van der Waals surface area contributed by atoms with Gasteiger partial charge in [0.25, 0.3) is 29.5 Å². The Balaban J connectivity index is 0.000000239. The number of thioether (sulfide) groups is 4. The number of carboxylic acid groups (broad SMARTS) is 4. The van der Waals surface area contributed by atoms with Crippen LogP contribution in [-0.2, 0) is 57.9 Å². The molecule has 5 aromatic carbocycles. The average Bonchev–Trinajstić information content (AvgIpc) is 0.924. The van der Waals surface area contributed by atoms with Crippen molar-refractivity contribution < 1.29 is 115 Å². The number of aromatic carboxylic acids is 1. The summed E-state index contributed by atoms with van der Waals surface area (Å²) in [5.41, 5.74) is 0.966. The monoisotopic (exact) mass is 1860 g/mol. The second-order valence-electron chi connectivity index (χ2n) is 29.5. The number of amides is 5. The highest BCUT2D eigenvalue weighted by Crippen LogP contribution is 2.40. The summed E-state index contributed by atoms with van der Waals surface area (Å²) in [6.07, 6.45) is 14.8. The van der Waals surface area contributed by atoms with Crippen molar-refractivity contribution in [3.05, 3.63) is 127 Å². The molecule has 5 aliphatic carbocycles. The third kappa shape index (κ3) is 28.2. The van der Waals surface area contributed by atoms with E-state index in [1.165, 1.54) is 102 Å². The molecule has 5 saturated carbocycles. The Labute approximate surface area is 742 Å². The number of benzene rings is 5. The van der Waals surface area contributed by atoms with Crippen molar-refractivity contribution in [3.63, 3.8) is 0 Å². The fourth-order valence-electron chi connectivity index (χ4n) is 14.5. The van der Waals surface area contributed by atoms with Crippen molar-refractivity contribution >= 4 is 202 Å². The zero-order valence-corrected chi connectivity index (χ0v) is 74.9. The molecule has 0 heterocycles. The summed E-state index contributed by atoms with van der Waals surface area (Å²) in [7, 11) is -0.449. The van der Waals surface area contributed by atoms with E-state index in [0.717, 1.165) is 137 Å². The number of sulfonamides is 1. The first-order valence-electron chi connectivity index (χ1n) is 38.6. The van der Waals surface area contributed by atoms with Crippen molar-refractivity contribution in [2.75, 3.05) is 51.7 Å². The van der Waals surface area contributed by atoms with Gasteiger partial charge in [-0.15, -0.1) is 12.6 Å². The van der Waals surface area contributed by atoms with E-state index in [9.17, 15) is 106 Å². The Kier molecular flexibility index (Phi) is 37.8. The molecule has 0 saturated heterocycles. The number of ether oxygens (including phenoxy) is 1. The molecule has 5 fully saturated rings. The van der Waals surface area contributed by atoms with Crippen LogP contribution in [0.4, 0.5) is 5.69 Å². The van der Waals surface area contributed by atoms with Gasteiger partial charge >= 0.3 is 35.8 Å². The zero-order chi connectivity index (χ0) is 90.5. The Hall–Kier alpha value is -9.05. The van der Waals surface area contributed by atoms with Crippen LogP contribution in [0.5, 0.6) is 5.75 Å². The molecule has 658 valence electrons. The van der Waals surface area contributed by atoms with Crippen LogP contribution in [0.25, 0.3) is 0 Å². The lowest BCUT2D eigenvalue weighted by atomic mass is 9.90.